The van der Waals surface area contributed by atoms with Crippen molar-refractivity contribution in [2.45, 2.75) is 50.7 Å². The third-order valence-corrected chi connectivity index (χ3v) is 4.09. The molecule has 3 N–H and O–H groups in total. The molecular formula is C16H22F2N2O2. The van der Waals surface area contributed by atoms with E-state index in [1.54, 1.807) is 0 Å². The Bertz CT molecular complexity index is 533. The van der Waals surface area contributed by atoms with E-state index in [9.17, 15) is 18.7 Å². The number of aliphatic hydroxyl groups is 1. The SMILES string of the molecule is CC(CCc1ccc(F)c(F)c1)NC(=O)NCC1(O)CCC1. The van der Waals surface area contributed by atoms with Crippen molar-refractivity contribution in [1.82, 2.24) is 10.6 Å². The smallest absolute Gasteiger partial charge is 0.315 e. The number of halogens is 2. The number of aryl methyl sites for hydroxylation is 1. The number of rotatable bonds is 6. The molecule has 22 heavy (non-hydrogen) atoms. The summed E-state index contributed by atoms with van der Waals surface area (Å²) >= 11 is 0. The standard InChI is InChI=1S/C16H22F2N2O2/c1-11(3-4-12-5-6-13(17)14(18)9-12)20-15(21)19-10-16(22)7-2-8-16/h5-6,9,11,22H,2-4,7-8,10H2,1H3,(H2,19,20,21). The van der Waals surface area contributed by atoms with Gasteiger partial charge in [-0.05, 0) is 56.7 Å². The van der Waals surface area contributed by atoms with Crippen LogP contribution in [0.3, 0.4) is 0 Å². The van der Waals surface area contributed by atoms with E-state index in [0.717, 1.165) is 25.3 Å². The molecule has 1 fully saturated rings. The lowest BCUT2D eigenvalue weighted by atomic mass is 9.80. The predicted octanol–water partition coefficient (Wildman–Crippen LogP) is 2.50. The first-order chi connectivity index (χ1) is 10.4. The minimum Gasteiger partial charge on any atom is -0.388 e. The largest absolute Gasteiger partial charge is 0.388 e. The van der Waals surface area contributed by atoms with Crippen molar-refractivity contribution in [3.05, 3.63) is 35.4 Å². The number of amides is 2. The van der Waals surface area contributed by atoms with Gasteiger partial charge < -0.3 is 15.7 Å². The molecule has 4 nitrogen and oxygen atoms in total. The molecule has 0 radical (unpaired) electrons. The van der Waals surface area contributed by atoms with Crippen LogP contribution >= 0.6 is 0 Å². The topological polar surface area (TPSA) is 61.4 Å². The van der Waals surface area contributed by atoms with Crippen LogP contribution in [0.25, 0.3) is 0 Å². The molecule has 1 aliphatic carbocycles. The van der Waals surface area contributed by atoms with Crippen molar-refractivity contribution in [2.24, 2.45) is 0 Å². The molecule has 1 atom stereocenters. The maximum Gasteiger partial charge on any atom is 0.315 e. The van der Waals surface area contributed by atoms with Gasteiger partial charge >= 0.3 is 6.03 Å². The van der Waals surface area contributed by atoms with E-state index in [-0.39, 0.29) is 18.6 Å². The minimum absolute atomic E-state index is 0.107. The minimum atomic E-state index is -0.858. The molecule has 0 saturated heterocycles. The van der Waals surface area contributed by atoms with Crippen molar-refractivity contribution < 1.29 is 18.7 Å². The predicted molar refractivity (Wildman–Crippen MR) is 79.5 cm³/mol. The van der Waals surface area contributed by atoms with Gasteiger partial charge in [0.15, 0.2) is 11.6 Å². The highest BCUT2D eigenvalue weighted by atomic mass is 19.2. The van der Waals surface area contributed by atoms with E-state index >= 15 is 0 Å². The second kappa shape index (κ2) is 7.05. The third kappa shape index (κ3) is 4.66. The highest BCUT2D eigenvalue weighted by molar-refractivity contribution is 5.74. The summed E-state index contributed by atoms with van der Waals surface area (Å²) in [5.74, 6) is -1.71. The average molecular weight is 312 g/mol. The molecule has 6 heteroatoms. The molecule has 0 spiro atoms. The maximum atomic E-state index is 13.1. The summed E-state index contributed by atoms with van der Waals surface area (Å²) in [5, 5.41) is 15.3. The number of hydrogen-bond acceptors (Lipinski definition) is 2. The van der Waals surface area contributed by atoms with Crippen LogP contribution in [0.4, 0.5) is 13.6 Å². The first kappa shape index (κ1) is 16.7. The second-order valence-electron chi connectivity index (χ2n) is 6.09. The quantitative estimate of drug-likeness (QED) is 0.756. The van der Waals surface area contributed by atoms with Gasteiger partial charge in [0.05, 0.1) is 5.60 Å². The first-order valence-corrected chi connectivity index (χ1v) is 7.59. The zero-order chi connectivity index (χ0) is 16.2. The summed E-state index contributed by atoms with van der Waals surface area (Å²) in [6.45, 7) is 2.10. The van der Waals surface area contributed by atoms with E-state index in [0.29, 0.717) is 18.4 Å². The summed E-state index contributed by atoms with van der Waals surface area (Å²) in [6, 6.07) is 3.39. The van der Waals surface area contributed by atoms with Crippen molar-refractivity contribution in [1.29, 1.82) is 0 Å². The Balaban J connectivity index is 1.69. The van der Waals surface area contributed by atoms with Crippen LogP contribution in [0, 0.1) is 11.6 Å². The summed E-state index contributed by atoms with van der Waals surface area (Å²) in [7, 11) is 0. The summed E-state index contributed by atoms with van der Waals surface area (Å²) in [6.07, 6.45) is 3.59. The molecule has 0 aliphatic heterocycles. The van der Waals surface area contributed by atoms with E-state index < -0.39 is 17.2 Å². The van der Waals surface area contributed by atoms with Gasteiger partial charge in [0.25, 0.3) is 0 Å². The van der Waals surface area contributed by atoms with E-state index in [1.807, 2.05) is 6.92 Å². The van der Waals surface area contributed by atoms with Crippen molar-refractivity contribution in [3.8, 4) is 0 Å². The molecule has 1 aromatic rings. The fourth-order valence-electron chi connectivity index (χ4n) is 2.43. The molecule has 1 aromatic carbocycles. The molecular weight excluding hydrogens is 290 g/mol. The molecule has 2 amide bonds. The lowest BCUT2D eigenvalue weighted by molar-refractivity contribution is -0.0290. The molecule has 1 saturated carbocycles. The van der Waals surface area contributed by atoms with Gasteiger partial charge in [-0.25, -0.2) is 13.6 Å². The Hall–Kier alpha value is -1.69. The van der Waals surface area contributed by atoms with Crippen molar-refractivity contribution in [3.63, 3.8) is 0 Å². The number of carbonyl (C=O) groups excluding carboxylic acids is 1. The molecule has 0 bridgehead atoms. The highest BCUT2D eigenvalue weighted by Crippen LogP contribution is 2.30. The van der Waals surface area contributed by atoms with Gasteiger partial charge in [0, 0.05) is 12.6 Å². The van der Waals surface area contributed by atoms with E-state index in [1.165, 1.54) is 12.1 Å². The Kier molecular flexibility index (Phi) is 5.34. The monoisotopic (exact) mass is 312 g/mol. The summed E-state index contributed by atoms with van der Waals surface area (Å²) in [4.78, 5) is 11.7. The number of urea groups is 1. The number of nitrogens with one attached hydrogen (secondary N) is 2. The van der Waals surface area contributed by atoms with Crippen LogP contribution in [-0.2, 0) is 6.42 Å². The number of hydrogen-bond donors (Lipinski definition) is 3. The van der Waals surface area contributed by atoms with Crippen LogP contribution in [0.5, 0.6) is 0 Å². The molecule has 122 valence electrons. The van der Waals surface area contributed by atoms with Crippen LogP contribution in [-0.4, -0.2) is 29.3 Å². The summed E-state index contributed by atoms with van der Waals surface area (Å²) < 4.78 is 25.9. The Morgan fingerprint density at radius 1 is 1.36 bits per heavy atom. The number of carbonyl (C=O) groups is 1. The molecule has 1 unspecified atom stereocenters. The second-order valence-corrected chi connectivity index (χ2v) is 6.09. The average Bonchev–Trinajstić information content (AvgIpc) is 2.44. The summed E-state index contributed by atoms with van der Waals surface area (Å²) in [5.41, 5.74) is -0.0524. The maximum absolute atomic E-state index is 13.1. The Morgan fingerprint density at radius 2 is 2.09 bits per heavy atom. The molecule has 2 rings (SSSR count). The van der Waals surface area contributed by atoms with Gasteiger partial charge in [-0.3, -0.25) is 0 Å². The Labute approximate surface area is 128 Å². The zero-order valence-electron chi connectivity index (χ0n) is 12.7. The molecule has 1 aliphatic rings. The number of benzene rings is 1. The molecule has 0 heterocycles. The fraction of sp³-hybridized carbons (Fsp3) is 0.562. The molecule has 0 aromatic heterocycles. The van der Waals surface area contributed by atoms with Crippen LogP contribution in [0.15, 0.2) is 18.2 Å². The fourth-order valence-corrected chi connectivity index (χ4v) is 2.43. The van der Waals surface area contributed by atoms with E-state index in [4.69, 9.17) is 0 Å². The van der Waals surface area contributed by atoms with Crippen LogP contribution < -0.4 is 10.6 Å². The van der Waals surface area contributed by atoms with Crippen molar-refractivity contribution in [2.75, 3.05) is 6.54 Å². The van der Waals surface area contributed by atoms with Gasteiger partial charge in [-0.2, -0.15) is 0 Å². The van der Waals surface area contributed by atoms with Gasteiger partial charge in [0.2, 0.25) is 0 Å². The van der Waals surface area contributed by atoms with Gasteiger partial charge in [-0.1, -0.05) is 6.07 Å². The zero-order valence-corrected chi connectivity index (χ0v) is 12.7. The third-order valence-electron chi connectivity index (χ3n) is 4.09. The van der Waals surface area contributed by atoms with Crippen LogP contribution in [0.1, 0.15) is 38.2 Å². The van der Waals surface area contributed by atoms with Gasteiger partial charge in [0.1, 0.15) is 0 Å². The lowest BCUT2D eigenvalue weighted by Gasteiger charge is -2.36. The van der Waals surface area contributed by atoms with Crippen molar-refractivity contribution >= 4 is 6.03 Å². The Morgan fingerprint density at radius 3 is 2.68 bits per heavy atom. The van der Waals surface area contributed by atoms with Gasteiger partial charge in [-0.15, -0.1) is 0 Å². The normalized spacial score (nSPS) is 17.5. The van der Waals surface area contributed by atoms with Crippen LogP contribution in [0.2, 0.25) is 0 Å². The highest BCUT2D eigenvalue weighted by Gasteiger charge is 2.34. The first-order valence-electron chi connectivity index (χ1n) is 7.59. The lowest BCUT2D eigenvalue weighted by Crippen LogP contribution is -2.51. The van der Waals surface area contributed by atoms with E-state index in [2.05, 4.69) is 10.6 Å².